The zero-order valence-corrected chi connectivity index (χ0v) is 18.9. The first kappa shape index (κ1) is 21.4. The van der Waals surface area contributed by atoms with Crippen LogP contribution >= 0.6 is 0 Å². The predicted octanol–water partition coefficient (Wildman–Crippen LogP) is 4.56. The van der Waals surface area contributed by atoms with Gasteiger partial charge in [0.05, 0.1) is 28.6 Å². The van der Waals surface area contributed by atoms with Gasteiger partial charge in [0, 0.05) is 17.8 Å². The van der Waals surface area contributed by atoms with Crippen molar-refractivity contribution in [3.05, 3.63) is 53.9 Å². The standard InChI is InChI=1S/C25H32N4O2/c1-15-6-11-21(24(15,2)3)28-22-19(23(26)30)13-27-29-14-17(12-20(22)29)16-7-9-18(10-8-16)25(4,5)31/h7-10,12-15,21,28,31H,6,11H2,1-5H3,(H2,26,30)/t15?,21-/m1/s1. The molecule has 2 atom stereocenters. The van der Waals surface area contributed by atoms with Gasteiger partial charge in [0.1, 0.15) is 0 Å². The van der Waals surface area contributed by atoms with E-state index in [-0.39, 0.29) is 11.5 Å². The summed E-state index contributed by atoms with van der Waals surface area (Å²) in [6.07, 6.45) is 5.70. The number of carbonyl (C=O) groups excluding carboxylic acids is 1. The molecule has 0 spiro atoms. The Bertz CT molecular complexity index is 1120. The minimum atomic E-state index is -0.885. The minimum absolute atomic E-state index is 0.109. The second kappa shape index (κ2) is 7.38. The van der Waals surface area contributed by atoms with Crippen molar-refractivity contribution in [1.82, 2.24) is 9.61 Å². The quantitative estimate of drug-likeness (QED) is 0.564. The van der Waals surface area contributed by atoms with Gasteiger partial charge in [-0.15, -0.1) is 0 Å². The van der Waals surface area contributed by atoms with E-state index < -0.39 is 11.5 Å². The maximum absolute atomic E-state index is 12.2. The highest BCUT2D eigenvalue weighted by atomic mass is 16.3. The van der Waals surface area contributed by atoms with Gasteiger partial charge >= 0.3 is 0 Å². The van der Waals surface area contributed by atoms with Crippen molar-refractivity contribution in [2.75, 3.05) is 5.32 Å². The number of aliphatic hydroxyl groups is 1. The number of fused-ring (bicyclic) bond motifs is 1. The molecular weight excluding hydrogens is 388 g/mol. The predicted molar refractivity (Wildman–Crippen MR) is 124 cm³/mol. The highest BCUT2D eigenvalue weighted by molar-refractivity contribution is 6.02. The molecule has 0 radical (unpaired) electrons. The number of nitrogens with two attached hydrogens (primary N) is 1. The van der Waals surface area contributed by atoms with Crippen molar-refractivity contribution in [1.29, 1.82) is 0 Å². The van der Waals surface area contributed by atoms with Crippen LogP contribution in [0.1, 0.15) is 63.4 Å². The number of aromatic nitrogens is 2. The number of hydrogen-bond donors (Lipinski definition) is 3. The lowest BCUT2D eigenvalue weighted by Crippen LogP contribution is -2.35. The Morgan fingerprint density at radius 3 is 2.45 bits per heavy atom. The number of hydrogen-bond acceptors (Lipinski definition) is 4. The Labute approximate surface area is 183 Å². The second-order valence-electron chi connectivity index (χ2n) is 9.99. The third kappa shape index (κ3) is 3.81. The number of amides is 1. The lowest BCUT2D eigenvalue weighted by atomic mass is 9.80. The van der Waals surface area contributed by atoms with Crippen molar-refractivity contribution in [2.45, 2.75) is 59.1 Å². The highest BCUT2D eigenvalue weighted by Gasteiger charge is 2.41. The van der Waals surface area contributed by atoms with Gasteiger partial charge in [0.15, 0.2) is 0 Å². The van der Waals surface area contributed by atoms with Crippen LogP contribution in [0.15, 0.2) is 42.7 Å². The number of anilines is 1. The molecule has 1 saturated carbocycles. The lowest BCUT2D eigenvalue weighted by Gasteiger charge is -2.33. The van der Waals surface area contributed by atoms with Gasteiger partial charge < -0.3 is 16.2 Å². The van der Waals surface area contributed by atoms with E-state index in [1.54, 1.807) is 24.6 Å². The van der Waals surface area contributed by atoms with Crippen LogP contribution in [0.2, 0.25) is 0 Å². The van der Waals surface area contributed by atoms with Gasteiger partial charge in [0.25, 0.3) is 5.91 Å². The van der Waals surface area contributed by atoms with E-state index in [0.717, 1.165) is 40.7 Å². The Hall–Kier alpha value is -2.86. The third-order valence-corrected chi connectivity index (χ3v) is 7.20. The molecule has 6 heteroatoms. The van der Waals surface area contributed by atoms with Gasteiger partial charge in [-0.1, -0.05) is 45.0 Å². The smallest absolute Gasteiger partial charge is 0.252 e. The number of rotatable bonds is 5. The molecule has 1 fully saturated rings. The van der Waals surface area contributed by atoms with Gasteiger partial charge in [-0.05, 0) is 55.2 Å². The Morgan fingerprint density at radius 2 is 1.90 bits per heavy atom. The fourth-order valence-corrected chi connectivity index (χ4v) is 4.56. The molecule has 0 aliphatic heterocycles. The molecule has 2 heterocycles. The molecule has 1 unspecified atom stereocenters. The molecule has 3 aromatic rings. The number of benzene rings is 1. The van der Waals surface area contributed by atoms with E-state index in [2.05, 4.69) is 31.2 Å². The first-order chi connectivity index (χ1) is 14.5. The topological polar surface area (TPSA) is 92.6 Å². The maximum atomic E-state index is 12.2. The van der Waals surface area contributed by atoms with Crippen LogP contribution in [-0.2, 0) is 5.60 Å². The number of carbonyl (C=O) groups is 1. The summed E-state index contributed by atoms with van der Waals surface area (Å²) >= 11 is 0. The van der Waals surface area contributed by atoms with Gasteiger partial charge in [-0.25, -0.2) is 4.52 Å². The van der Waals surface area contributed by atoms with Crippen LogP contribution < -0.4 is 11.1 Å². The largest absolute Gasteiger partial charge is 0.386 e. The molecule has 2 aromatic heterocycles. The molecule has 1 aromatic carbocycles. The van der Waals surface area contributed by atoms with E-state index in [9.17, 15) is 9.90 Å². The van der Waals surface area contributed by atoms with Crippen molar-refractivity contribution in [3.63, 3.8) is 0 Å². The third-order valence-electron chi connectivity index (χ3n) is 7.20. The lowest BCUT2D eigenvalue weighted by molar-refractivity contribution is 0.0786. The normalized spacial score (nSPS) is 20.8. The first-order valence-corrected chi connectivity index (χ1v) is 10.9. The maximum Gasteiger partial charge on any atom is 0.252 e. The minimum Gasteiger partial charge on any atom is -0.386 e. The molecule has 0 bridgehead atoms. The summed E-state index contributed by atoms with van der Waals surface area (Å²) in [6.45, 7) is 10.4. The van der Waals surface area contributed by atoms with Gasteiger partial charge in [0.2, 0.25) is 0 Å². The molecule has 4 rings (SSSR count). The van der Waals surface area contributed by atoms with Crippen molar-refractivity contribution >= 4 is 17.1 Å². The molecule has 4 N–H and O–H groups in total. The van der Waals surface area contributed by atoms with E-state index in [0.29, 0.717) is 11.5 Å². The molecular formula is C25H32N4O2. The van der Waals surface area contributed by atoms with Crippen molar-refractivity contribution in [2.24, 2.45) is 17.1 Å². The average molecular weight is 421 g/mol. The average Bonchev–Trinajstić information content (AvgIpc) is 3.24. The number of nitrogens with zero attached hydrogens (tertiary/aromatic N) is 2. The van der Waals surface area contributed by atoms with E-state index in [1.165, 1.54) is 0 Å². The summed E-state index contributed by atoms with van der Waals surface area (Å²) in [5, 5.41) is 18.3. The van der Waals surface area contributed by atoms with Crippen LogP contribution in [-0.4, -0.2) is 26.7 Å². The SMILES string of the molecule is CC1CC[C@@H](Nc2c(C(N)=O)cnn3cc(-c4ccc(C(C)(C)O)cc4)cc23)C1(C)C. The summed E-state index contributed by atoms with van der Waals surface area (Å²) in [7, 11) is 0. The summed E-state index contributed by atoms with van der Waals surface area (Å²) < 4.78 is 1.79. The molecule has 31 heavy (non-hydrogen) atoms. The van der Waals surface area contributed by atoms with Crippen molar-refractivity contribution in [3.8, 4) is 11.1 Å². The molecule has 6 nitrogen and oxygen atoms in total. The number of primary amides is 1. The first-order valence-electron chi connectivity index (χ1n) is 10.9. The Balaban J connectivity index is 1.77. The van der Waals surface area contributed by atoms with Crippen LogP contribution in [0.4, 0.5) is 5.69 Å². The molecule has 164 valence electrons. The van der Waals surface area contributed by atoms with E-state index in [4.69, 9.17) is 5.73 Å². The van der Waals surface area contributed by atoms with Crippen LogP contribution in [0.5, 0.6) is 0 Å². The van der Waals surface area contributed by atoms with E-state index >= 15 is 0 Å². The van der Waals surface area contributed by atoms with E-state index in [1.807, 2.05) is 36.5 Å². The summed E-state index contributed by atoms with van der Waals surface area (Å²) in [5.74, 6) is 0.107. The number of nitrogens with one attached hydrogen (secondary N) is 1. The highest BCUT2D eigenvalue weighted by Crippen LogP contribution is 2.44. The van der Waals surface area contributed by atoms with Crippen LogP contribution in [0, 0.1) is 11.3 Å². The Kier molecular flexibility index (Phi) is 5.09. The zero-order chi connectivity index (χ0) is 22.6. The Morgan fingerprint density at radius 1 is 1.23 bits per heavy atom. The van der Waals surface area contributed by atoms with Gasteiger partial charge in [-0.3, -0.25) is 4.79 Å². The van der Waals surface area contributed by atoms with Crippen LogP contribution in [0.25, 0.3) is 16.6 Å². The monoisotopic (exact) mass is 420 g/mol. The van der Waals surface area contributed by atoms with Gasteiger partial charge in [-0.2, -0.15) is 5.10 Å². The summed E-state index contributed by atoms with van der Waals surface area (Å²) in [5.41, 5.74) is 9.76. The summed E-state index contributed by atoms with van der Waals surface area (Å²) in [4.78, 5) is 12.2. The van der Waals surface area contributed by atoms with Crippen LogP contribution in [0.3, 0.4) is 0 Å². The fraction of sp³-hybridized carbons (Fsp3) is 0.440. The fourth-order valence-electron chi connectivity index (χ4n) is 4.56. The van der Waals surface area contributed by atoms with Crippen molar-refractivity contribution < 1.29 is 9.90 Å². The summed E-state index contributed by atoms with van der Waals surface area (Å²) in [6, 6.07) is 10.1. The molecule has 1 aliphatic carbocycles. The molecule has 1 amide bonds. The zero-order valence-electron chi connectivity index (χ0n) is 18.9. The molecule has 1 aliphatic rings. The second-order valence-corrected chi connectivity index (χ2v) is 9.99. The molecule has 0 saturated heterocycles.